The second kappa shape index (κ2) is 8.16. The fourth-order valence-electron chi connectivity index (χ4n) is 3.36. The fraction of sp³-hybridized carbons (Fsp3) is 0.238. The minimum Gasteiger partial charge on any atom is -0.338 e. The van der Waals surface area contributed by atoms with Crippen molar-refractivity contribution in [1.82, 2.24) is 8.97 Å². The van der Waals surface area contributed by atoms with Gasteiger partial charge in [0.25, 0.3) is 11.5 Å². The van der Waals surface area contributed by atoms with Gasteiger partial charge in [0.15, 0.2) is 11.6 Å². The molecule has 2 aromatic carbocycles. The van der Waals surface area contributed by atoms with Gasteiger partial charge in [0.05, 0.1) is 4.88 Å². The standard InChI is InChI=1S/C21H19F2N3O2S/c22-17-7-6-15(12-18(17)23)21(28)25-10-8-16(9-11-25)24-26-20(27)13-19(29-26)14-4-2-1-3-5-14/h1-7,12-13,16,24H,8-11H2. The summed E-state index contributed by atoms with van der Waals surface area (Å²) in [7, 11) is 0. The molecule has 1 aliphatic rings. The lowest BCUT2D eigenvalue weighted by Gasteiger charge is -2.32. The Morgan fingerprint density at radius 2 is 1.72 bits per heavy atom. The van der Waals surface area contributed by atoms with Crippen molar-refractivity contribution in [3.8, 4) is 10.4 Å². The van der Waals surface area contributed by atoms with Gasteiger partial charge in [-0.05, 0) is 48.1 Å². The van der Waals surface area contributed by atoms with Crippen LogP contribution in [0.3, 0.4) is 0 Å². The van der Waals surface area contributed by atoms with Gasteiger partial charge in [-0.25, -0.2) is 8.78 Å². The Balaban J connectivity index is 1.38. The van der Waals surface area contributed by atoms with Gasteiger partial charge in [-0.2, -0.15) is 4.07 Å². The topological polar surface area (TPSA) is 54.3 Å². The Kier molecular flexibility index (Phi) is 5.44. The highest BCUT2D eigenvalue weighted by atomic mass is 32.1. The van der Waals surface area contributed by atoms with Crippen molar-refractivity contribution < 1.29 is 13.6 Å². The first-order valence-corrected chi connectivity index (χ1v) is 10.1. The van der Waals surface area contributed by atoms with Gasteiger partial charge in [0.2, 0.25) is 0 Å². The molecule has 8 heteroatoms. The van der Waals surface area contributed by atoms with Crippen LogP contribution in [-0.2, 0) is 0 Å². The summed E-state index contributed by atoms with van der Waals surface area (Å²) in [6.45, 7) is 0.947. The number of carbonyl (C=O) groups excluding carboxylic acids is 1. The molecule has 29 heavy (non-hydrogen) atoms. The summed E-state index contributed by atoms with van der Waals surface area (Å²) in [5, 5.41) is 0. The van der Waals surface area contributed by atoms with Crippen LogP contribution in [0.5, 0.6) is 0 Å². The summed E-state index contributed by atoms with van der Waals surface area (Å²) in [6, 6.07) is 14.5. The molecule has 0 radical (unpaired) electrons. The Hall–Kier alpha value is -3.00. The number of benzene rings is 2. The molecule has 3 aromatic rings. The van der Waals surface area contributed by atoms with Crippen molar-refractivity contribution in [1.29, 1.82) is 0 Å². The van der Waals surface area contributed by atoms with E-state index in [2.05, 4.69) is 5.43 Å². The highest BCUT2D eigenvalue weighted by Gasteiger charge is 2.25. The van der Waals surface area contributed by atoms with Crippen molar-refractivity contribution in [2.75, 3.05) is 18.5 Å². The van der Waals surface area contributed by atoms with E-state index < -0.39 is 11.6 Å². The van der Waals surface area contributed by atoms with E-state index >= 15 is 0 Å². The number of carbonyl (C=O) groups is 1. The smallest absolute Gasteiger partial charge is 0.280 e. The fourth-order valence-corrected chi connectivity index (χ4v) is 4.29. The number of nitrogens with one attached hydrogen (secondary N) is 1. The lowest BCUT2D eigenvalue weighted by molar-refractivity contribution is 0.0715. The molecule has 1 saturated heterocycles. The number of nitrogens with zero attached hydrogens (tertiary/aromatic N) is 2. The second-order valence-corrected chi connectivity index (χ2v) is 7.91. The van der Waals surface area contributed by atoms with E-state index in [0.29, 0.717) is 25.9 Å². The van der Waals surface area contributed by atoms with E-state index in [9.17, 15) is 18.4 Å². The molecule has 1 aromatic heterocycles. The summed E-state index contributed by atoms with van der Waals surface area (Å²) in [4.78, 5) is 27.3. The van der Waals surface area contributed by atoms with E-state index in [1.54, 1.807) is 11.0 Å². The summed E-state index contributed by atoms with van der Waals surface area (Å²) in [5.41, 5.74) is 4.24. The molecule has 0 spiro atoms. The number of halogens is 2. The normalized spacial score (nSPS) is 14.8. The van der Waals surface area contributed by atoms with E-state index in [1.165, 1.54) is 21.7 Å². The molecule has 0 saturated carbocycles. The van der Waals surface area contributed by atoms with Crippen molar-refractivity contribution >= 4 is 17.4 Å². The zero-order valence-corrected chi connectivity index (χ0v) is 16.3. The third kappa shape index (κ3) is 4.22. The molecule has 1 fully saturated rings. The molecular formula is C21H19F2N3O2S. The van der Waals surface area contributed by atoms with Crippen LogP contribution in [0.4, 0.5) is 8.78 Å². The molecule has 1 amide bonds. The Labute approximate surface area is 170 Å². The number of hydrogen-bond donors (Lipinski definition) is 1. The summed E-state index contributed by atoms with van der Waals surface area (Å²) >= 11 is 1.35. The highest BCUT2D eigenvalue weighted by molar-refractivity contribution is 7.10. The predicted molar refractivity (Wildman–Crippen MR) is 109 cm³/mol. The lowest BCUT2D eigenvalue weighted by atomic mass is 10.0. The maximum Gasteiger partial charge on any atom is 0.280 e. The van der Waals surface area contributed by atoms with Gasteiger partial charge in [0, 0.05) is 30.8 Å². The van der Waals surface area contributed by atoms with Crippen molar-refractivity contribution in [2.45, 2.75) is 18.9 Å². The van der Waals surface area contributed by atoms with Gasteiger partial charge in [-0.1, -0.05) is 30.3 Å². The molecule has 0 unspecified atom stereocenters. The molecule has 0 atom stereocenters. The number of rotatable bonds is 4. The molecule has 1 N–H and O–H groups in total. The van der Waals surface area contributed by atoms with Gasteiger partial charge in [0.1, 0.15) is 0 Å². The highest BCUT2D eigenvalue weighted by Crippen LogP contribution is 2.22. The molecule has 5 nitrogen and oxygen atoms in total. The predicted octanol–water partition coefficient (Wildman–Crippen LogP) is 3.70. The third-order valence-corrected chi connectivity index (χ3v) is 5.97. The third-order valence-electron chi connectivity index (χ3n) is 4.95. The van der Waals surface area contributed by atoms with Crippen LogP contribution in [0, 0.1) is 11.6 Å². The Morgan fingerprint density at radius 1 is 1.00 bits per heavy atom. The number of hydrogen-bond acceptors (Lipinski definition) is 4. The zero-order valence-electron chi connectivity index (χ0n) is 15.5. The molecular weight excluding hydrogens is 396 g/mol. The number of aromatic nitrogens is 1. The van der Waals surface area contributed by atoms with Gasteiger partial charge in [-0.3, -0.25) is 9.59 Å². The van der Waals surface area contributed by atoms with E-state index in [1.807, 2.05) is 30.3 Å². The van der Waals surface area contributed by atoms with E-state index in [0.717, 1.165) is 22.6 Å². The molecule has 0 bridgehead atoms. The first kappa shape index (κ1) is 19.3. The van der Waals surface area contributed by atoms with Gasteiger partial charge < -0.3 is 10.3 Å². The number of amides is 1. The van der Waals surface area contributed by atoms with Crippen LogP contribution in [0.25, 0.3) is 10.4 Å². The molecule has 1 aliphatic heterocycles. The van der Waals surface area contributed by atoms with E-state index in [4.69, 9.17) is 0 Å². The van der Waals surface area contributed by atoms with Crippen LogP contribution in [0.15, 0.2) is 59.4 Å². The first-order chi connectivity index (χ1) is 14.0. The minimum atomic E-state index is -1.03. The van der Waals surface area contributed by atoms with Gasteiger partial charge in [-0.15, -0.1) is 0 Å². The summed E-state index contributed by atoms with van der Waals surface area (Å²) in [6.07, 6.45) is 1.31. The Bertz CT molecular complexity index is 1070. The average Bonchev–Trinajstić information content (AvgIpc) is 3.11. The van der Waals surface area contributed by atoms with Crippen molar-refractivity contribution in [3.05, 3.63) is 82.1 Å². The second-order valence-electron chi connectivity index (χ2n) is 6.92. The van der Waals surface area contributed by atoms with Crippen molar-refractivity contribution in [3.63, 3.8) is 0 Å². The maximum atomic E-state index is 13.4. The first-order valence-electron chi connectivity index (χ1n) is 9.31. The van der Waals surface area contributed by atoms with Crippen LogP contribution >= 0.6 is 11.5 Å². The van der Waals surface area contributed by atoms with Crippen LogP contribution in [0.2, 0.25) is 0 Å². The average molecular weight is 415 g/mol. The molecule has 0 aliphatic carbocycles. The van der Waals surface area contributed by atoms with Gasteiger partial charge >= 0.3 is 0 Å². The number of piperidine rings is 1. The largest absolute Gasteiger partial charge is 0.338 e. The SMILES string of the molecule is O=C(c1ccc(F)c(F)c1)N1CCC(Nn2sc(-c3ccccc3)cc2=O)CC1. The van der Waals surface area contributed by atoms with Crippen molar-refractivity contribution in [2.24, 2.45) is 0 Å². The molecule has 150 valence electrons. The number of likely N-dealkylation sites (tertiary alicyclic amines) is 1. The van der Waals surface area contributed by atoms with Crippen LogP contribution in [0.1, 0.15) is 23.2 Å². The van der Waals surface area contributed by atoms with Crippen LogP contribution in [-0.4, -0.2) is 34.0 Å². The lowest BCUT2D eigenvalue weighted by Crippen LogP contribution is -2.45. The van der Waals surface area contributed by atoms with Crippen LogP contribution < -0.4 is 11.0 Å². The molecule has 4 rings (SSSR count). The molecule has 2 heterocycles. The Morgan fingerprint density at radius 3 is 2.41 bits per heavy atom. The maximum absolute atomic E-state index is 13.4. The van der Waals surface area contributed by atoms with E-state index in [-0.39, 0.29) is 23.1 Å². The zero-order chi connectivity index (χ0) is 20.4. The summed E-state index contributed by atoms with van der Waals surface area (Å²) < 4.78 is 28.0. The summed E-state index contributed by atoms with van der Waals surface area (Å²) in [5.74, 6) is -2.32. The minimum absolute atomic E-state index is 0.0453. The quantitative estimate of drug-likeness (QED) is 0.707. The monoisotopic (exact) mass is 415 g/mol.